The lowest BCUT2D eigenvalue weighted by molar-refractivity contribution is 0.624. The number of aromatic nitrogens is 1. The van der Waals surface area contributed by atoms with Crippen molar-refractivity contribution in [1.29, 1.82) is 0 Å². The third-order valence-corrected chi connectivity index (χ3v) is 4.61. The number of rotatable bonds is 5. The Bertz CT molecular complexity index is 657. The van der Waals surface area contributed by atoms with Crippen molar-refractivity contribution in [2.24, 2.45) is 4.99 Å². The van der Waals surface area contributed by atoms with E-state index >= 15 is 0 Å². The second kappa shape index (κ2) is 8.24. The standard InChI is InChI=1S/C15H18BrFN4S/c1-10-21-13(9-22-10)5-6-19-15(18-2)20-8-11-7-12(17)3-4-14(11)16/h3-4,7,9H,5-6,8H2,1-2H3,(H2,18,19,20). The topological polar surface area (TPSA) is 49.3 Å². The van der Waals surface area contributed by atoms with Gasteiger partial charge in [-0.15, -0.1) is 11.3 Å². The molecule has 1 aromatic heterocycles. The Morgan fingerprint density at radius 1 is 1.41 bits per heavy atom. The van der Waals surface area contributed by atoms with Crippen LogP contribution in [0.5, 0.6) is 0 Å². The summed E-state index contributed by atoms with van der Waals surface area (Å²) in [6.07, 6.45) is 0.842. The first-order valence-corrected chi connectivity index (χ1v) is 8.55. The van der Waals surface area contributed by atoms with E-state index in [1.165, 1.54) is 12.1 Å². The highest BCUT2D eigenvalue weighted by Crippen LogP contribution is 2.17. The van der Waals surface area contributed by atoms with E-state index in [4.69, 9.17) is 0 Å². The summed E-state index contributed by atoms with van der Waals surface area (Å²) < 4.78 is 14.1. The smallest absolute Gasteiger partial charge is 0.191 e. The number of hydrogen-bond donors (Lipinski definition) is 2. The van der Waals surface area contributed by atoms with Gasteiger partial charge in [-0.05, 0) is 30.7 Å². The zero-order chi connectivity index (χ0) is 15.9. The van der Waals surface area contributed by atoms with E-state index in [-0.39, 0.29) is 5.82 Å². The maximum atomic E-state index is 13.2. The summed E-state index contributed by atoms with van der Waals surface area (Å²) in [6, 6.07) is 4.63. The average Bonchev–Trinajstić information content (AvgIpc) is 2.91. The fourth-order valence-corrected chi connectivity index (χ4v) is 2.94. The maximum Gasteiger partial charge on any atom is 0.191 e. The van der Waals surface area contributed by atoms with Crippen LogP contribution in [-0.4, -0.2) is 24.5 Å². The number of aryl methyl sites for hydroxylation is 1. The van der Waals surface area contributed by atoms with Crippen LogP contribution in [0.1, 0.15) is 16.3 Å². The molecular formula is C15H18BrFN4S. The molecule has 0 aliphatic heterocycles. The van der Waals surface area contributed by atoms with Gasteiger partial charge in [0.15, 0.2) is 5.96 Å². The number of halogens is 2. The Kier molecular flexibility index (Phi) is 6.33. The normalized spacial score (nSPS) is 11.5. The number of nitrogens with zero attached hydrogens (tertiary/aromatic N) is 2. The van der Waals surface area contributed by atoms with Gasteiger partial charge >= 0.3 is 0 Å². The molecule has 2 rings (SSSR count). The largest absolute Gasteiger partial charge is 0.356 e. The van der Waals surface area contributed by atoms with Crippen LogP contribution in [0.25, 0.3) is 0 Å². The summed E-state index contributed by atoms with van der Waals surface area (Å²) in [5.41, 5.74) is 1.93. The van der Waals surface area contributed by atoms with Crippen LogP contribution in [0.4, 0.5) is 4.39 Å². The molecule has 0 saturated heterocycles. The lowest BCUT2D eigenvalue weighted by atomic mass is 10.2. The lowest BCUT2D eigenvalue weighted by Gasteiger charge is -2.12. The minimum absolute atomic E-state index is 0.248. The minimum atomic E-state index is -0.248. The number of aliphatic imine (C=N–C) groups is 1. The van der Waals surface area contributed by atoms with Crippen LogP contribution >= 0.6 is 27.3 Å². The van der Waals surface area contributed by atoms with Gasteiger partial charge in [0.05, 0.1) is 10.7 Å². The van der Waals surface area contributed by atoms with E-state index in [0.717, 1.165) is 33.7 Å². The highest BCUT2D eigenvalue weighted by atomic mass is 79.9. The molecular weight excluding hydrogens is 367 g/mol. The lowest BCUT2D eigenvalue weighted by Crippen LogP contribution is -2.38. The van der Waals surface area contributed by atoms with E-state index in [0.29, 0.717) is 12.5 Å². The van der Waals surface area contributed by atoms with Crippen LogP contribution in [0.2, 0.25) is 0 Å². The second-order valence-corrected chi connectivity index (χ2v) is 6.61. The average molecular weight is 385 g/mol. The molecule has 0 radical (unpaired) electrons. The molecule has 7 heteroatoms. The Morgan fingerprint density at radius 3 is 2.91 bits per heavy atom. The van der Waals surface area contributed by atoms with Crippen molar-refractivity contribution in [3.05, 3.63) is 50.1 Å². The quantitative estimate of drug-likeness (QED) is 0.614. The molecule has 4 nitrogen and oxygen atoms in total. The van der Waals surface area contributed by atoms with Gasteiger partial charge in [-0.2, -0.15) is 0 Å². The Morgan fingerprint density at radius 2 is 2.23 bits per heavy atom. The number of nitrogens with one attached hydrogen (secondary N) is 2. The van der Waals surface area contributed by atoms with Gasteiger partial charge in [-0.25, -0.2) is 9.37 Å². The summed E-state index contributed by atoms with van der Waals surface area (Å²) in [6.45, 7) is 3.24. The van der Waals surface area contributed by atoms with Crippen LogP contribution < -0.4 is 10.6 Å². The molecule has 1 heterocycles. The van der Waals surface area contributed by atoms with Crippen LogP contribution in [-0.2, 0) is 13.0 Å². The molecule has 0 aliphatic carbocycles. The zero-order valence-corrected chi connectivity index (χ0v) is 14.9. The fourth-order valence-electron chi connectivity index (χ4n) is 1.91. The molecule has 0 unspecified atom stereocenters. The molecule has 0 amide bonds. The minimum Gasteiger partial charge on any atom is -0.356 e. The first kappa shape index (κ1) is 16.9. The molecule has 0 spiro atoms. The molecule has 22 heavy (non-hydrogen) atoms. The van der Waals surface area contributed by atoms with Crippen LogP contribution in [0, 0.1) is 12.7 Å². The van der Waals surface area contributed by atoms with Crippen LogP contribution in [0.3, 0.4) is 0 Å². The summed E-state index contributed by atoms with van der Waals surface area (Å²) >= 11 is 5.07. The Balaban J connectivity index is 1.81. The van der Waals surface area contributed by atoms with Gasteiger partial charge in [-0.1, -0.05) is 15.9 Å². The van der Waals surface area contributed by atoms with Crippen molar-refractivity contribution in [2.75, 3.05) is 13.6 Å². The van der Waals surface area contributed by atoms with Gasteiger partial charge in [0.1, 0.15) is 5.82 Å². The number of hydrogen-bond acceptors (Lipinski definition) is 3. The van der Waals surface area contributed by atoms with E-state index in [2.05, 4.69) is 41.9 Å². The SMILES string of the molecule is CN=C(NCCc1csc(C)n1)NCc1cc(F)ccc1Br. The summed E-state index contributed by atoms with van der Waals surface area (Å²) in [5, 5.41) is 9.54. The van der Waals surface area contributed by atoms with Gasteiger partial charge in [0.2, 0.25) is 0 Å². The molecule has 0 atom stereocenters. The van der Waals surface area contributed by atoms with Crippen molar-refractivity contribution in [3.63, 3.8) is 0 Å². The second-order valence-electron chi connectivity index (χ2n) is 4.70. The van der Waals surface area contributed by atoms with E-state index in [1.807, 2.05) is 6.92 Å². The van der Waals surface area contributed by atoms with Gasteiger partial charge < -0.3 is 10.6 Å². The molecule has 2 N–H and O–H groups in total. The Hall–Kier alpha value is -1.47. The molecule has 0 bridgehead atoms. The zero-order valence-electron chi connectivity index (χ0n) is 12.5. The van der Waals surface area contributed by atoms with E-state index in [1.54, 1.807) is 24.5 Å². The van der Waals surface area contributed by atoms with Crippen LogP contribution in [0.15, 0.2) is 33.0 Å². The summed E-state index contributed by atoms with van der Waals surface area (Å²) in [4.78, 5) is 8.58. The number of benzene rings is 1. The fraction of sp³-hybridized carbons (Fsp3) is 0.333. The van der Waals surface area contributed by atoms with E-state index < -0.39 is 0 Å². The highest BCUT2D eigenvalue weighted by Gasteiger charge is 2.04. The molecule has 2 aromatic rings. The Labute approximate surface area is 142 Å². The van der Waals surface area contributed by atoms with Crippen molar-refractivity contribution >= 4 is 33.2 Å². The number of thiazole rings is 1. The summed E-state index contributed by atoms with van der Waals surface area (Å²) in [5.74, 6) is 0.435. The van der Waals surface area contributed by atoms with Gasteiger partial charge in [0.25, 0.3) is 0 Å². The van der Waals surface area contributed by atoms with Crippen molar-refractivity contribution in [3.8, 4) is 0 Å². The molecule has 0 aliphatic rings. The number of guanidine groups is 1. The van der Waals surface area contributed by atoms with Gasteiger partial charge in [-0.3, -0.25) is 4.99 Å². The molecule has 0 fully saturated rings. The monoisotopic (exact) mass is 384 g/mol. The molecule has 0 saturated carbocycles. The third-order valence-electron chi connectivity index (χ3n) is 3.02. The molecule has 118 valence electrons. The van der Waals surface area contributed by atoms with Gasteiger partial charge in [0, 0.05) is 36.4 Å². The first-order valence-electron chi connectivity index (χ1n) is 6.88. The predicted octanol–water partition coefficient (Wildman–Crippen LogP) is 3.26. The maximum absolute atomic E-state index is 13.2. The third kappa shape index (κ3) is 5.06. The van der Waals surface area contributed by atoms with Crippen molar-refractivity contribution < 1.29 is 4.39 Å². The predicted molar refractivity (Wildman–Crippen MR) is 92.9 cm³/mol. The highest BCUT2D eigenvalue weighted by molar-refractivity contribution is 9.10. The van der Waals surface area contributed by atoms with E-state index in [9.17, 15) is 4.39 Å². The van der Waals surface area contributed by atoms with Crippen molar-refractivity contribution in [2.45, 2.75) is 19.9 Å². The first-order chi connectivity index (χ1) is 10.6. The summed E-state index contributed by atoms with van der Waals surface area (Å²) in [7, 11) is 1.71. The molecule has 1 aromatic carbocycles. The van der Waals surface area contributed by atoms with Crippen molar-refractivity contribution in [1.82, 2.24) is 15.6 Å².